The van der Waals surface area contributed by atoms with Gasteiger partial charge in [0.15, 0.2) is 0 Å². The summed E-state index contributed by atoms with van der Waals surface area (Å²) in [7, 11) is 1.33. The minimum Gasteiger partial charge on any atom is -0.453 e. The molecule has 0 atom stereocenters. The van der Waals surface area contributed by atoms with Crippen LogP contribution < -0.4 is 5.32 Å². The van der Waals surface area contributed by atoms with Crippen LogP contribution in [0.5, 0.6) is 0 Å². The summed E-state index contributed by atoms with van der Waals surface area (Å²) in [5.74, 6) is -0.0232. The molecule has 0 aromatic rings. The standard InChI is InChI=1S/C11H18ClNO3/c1-16-10(15)13-11(7-9(14)8-12)5-3-2-4-6-11/h2-8H2,1H3,(H,13,15). The zero-order chi connectivity index (χ0) is 12.0. The van der Waals surface area contributed by atoms with E-state index >= 15 is 0 Å². The number of amides is 1. The summed E-state index contributed by atoms with van der Waals surface area (Å²) in [6, 6.07) is 0. The summed E-state index contributed by atoms with van der Waals surface area (Å²) in [6.07, 6.45) is 4.70. The molecular formula is C11H18ClNO3. The van der Waals surface area contributed by atoms with Gasteiger partial charge in [-0.2, -0.15) is 0 Å². The van der Waals surface area contributed by atoms with Crippen LogP contribution in [0.2, 0.25) is 0 Å². The lowest BCUT2D eigenvalue weighted by Crippen LogP contribution is -2.51. The summed E-state index contributed by atoms with van der Waals surface area (Å²) in [4.78, 5) is 22.7. The fourth-order valence-electron chi connectivity index (χ4n) is 2.27. The fourth-order valence-corrected chi connectivity index (χ4v) is 2.36. The Hall–Kier alpha value is -0.770. The molecule has 1 amide bonds. The van der Waals surface area contributed by atoms with Crippen LogP contribution in [0.15, 0.2) is 0 Å². The Morgan fingerprint density at radius 3 is 2.44 bits per heavy atom. The van der Waals surface area contributed by atoms with Crippen LogP contribution in [-0.4, -0.2) is 30.4 Å². The molecule has 1 saturated carbocycles. The Balaban J connectivity index is 2.66. The predicted molar refractivity (Wildman–Crippen MR) is 61.7 cm³/mol. The van der Waals surface area contributed by atoms with Crippen LogP contribution in [0, 0.1) is 0 Å². The number of halogens is 1. The smallest absolute Gasteiger partial charge is 0.407 e. The van der Waals surface area contributed by atoms with E-state index in [4.69, 9.17) is 11.6 Å². The van der Waals surface area contributed by atoms with Crippen LogP contribution in [0.1, 0.15) is 38.5 Å². The first-order valence-electron chi connectivity index (χ1n) is 5.56. The first kappa shape index (κ1) is 13.3. The van der Waals surface area contributed by atoms with Crippen molar-refractivity contribution in [3.05, 3.63) is 0 Å². The number of rotatable bonds is 4. The Morgan fingerprint density at radius 2 is 1.94 bits per heavy atom. The number of alkyl halides is 1. The number of methoxy groups -OCH3 is 1. The second kappa shape index (κ2) is 6.09. The second-order valence-electron chi connectivity index (χ2n) is 4.31. The molecule has 0 radical (unpaired) electrons. The van der Waals surface area contributed by atoms with Crippen LogP contribution in [0.25, 0.3) is 0 Å². The van der Waals surface area contributed by atoms with Gasteiger partial charge in [-0.15, -0.1) is 11.6 Å². The first-order chi connectivity index (χ1) is 7.62. The number of hydrogen-bond donors (Lipinski definition) is 1. The average molecular weight is 248 g/mol. The Kier molecular flexibility index (Phi) is 5.06. The van der Waals surface area contributed by atoms with Gasteiger partial charge < -0.3 is 10.1 Å². The highest BCUT2D eigenvalue weighted by molar-refractivity contribution is 6.27. The molecule has 0 aromatic heterocycles. The lowest BCUT2D eigenvalue weighted by Gasteiger charge is -2.37. The molecule has 5 heteroatoms. The van der Waals surface area contributed by atoms with Crippen LogP contribution in [-0.2, 0) is 9.53 Å². The molecular weight excluding hydrogens is 230 g/mol. The molecule has 4 nitrogen and oxygen atoms in total. The van der Waals surface area contributed by atoms with Gasteiger partial charge in [-0.3, -0.25) is 4.79 Å². The summed E-state index contributed by atoms with van der Waals surface area (Å²) in [5, 5.41) is 2.81. The van der Waals surface area contributed by atoms with Gasteiger partial charge >= 0.3 is 6.09 Å². The molecule has 1 N–H and O–H groups in total. The number of ketones is 1. The fraction of sp³-hybridized carbons (Fsp3) is 0.818. The van der Waals surface area contributed by atoms with Gasteiger partial charge in [-0.05, 0) is 12.8 Å². The van der Waals surface area contributed by atoms with Crippen molar-refractivity contribution in [3.8, 4) is 0 Å². The third kappa shape index (κ3) is 3.67. The molecule has 1 fully saturated rings. The topological polar surface area (TPSA) is 55.4 Å². The highest BCUT2D eigenvalue weighted by Gasteiger charge is 2.35. The number of carbonyl (C=O) groups is 2. The van der Waals surface area contributed by atoms with Crippen LogP contribution in [0.3, 0.4) is 0 Å². The van der Waals surface area contributed by atoms with E-state index in [9.17, 15) is 9.59 Å². The molecule has 0 aliphatic heterocycles. The lowest BCUT2D eigenvalue weighted by molar-refractivity contribution is -0.118. The normalized spacial score (nSPS) is 18.9. The quantitative estimate of drug-likeness (QED) is 0.776. The summed E-state index contributed by atoms with van der Waals surface area (Å²) < 4.78 is 4.60. The maximum atomic E-state index is 11.4. The van der Waals surface area contributed by atoms with Crippen molar-refractivity contribution >= 4 is 23.5 Å². The van der Waals surface area contributed by atoms with Crippen molar-refractivity contribution in [3.63, 3.8) is 0 Å². The number of alkyl carbamates (subject to hydrolysis) is 1. The molecule has 0 saturated heterocycles. The molecule has 0 spiro atoms. The molecule has 1 aliphatic rings. The van der Waals surface area contributed by atoms with Crippen molar-refractivity contribution < 1.29 is 14.3 Å². The van der Waals surface area contributed by atoms with E-state index in [0.717, 1.165) is 32.1 Å². The Morgan fingerprint density at radius 1 is 1.31 bits per heavy atom. The number of hydrogen-bond acceptors (Lipinski definition) is 3. The van der Waals surface area contributed by atoms with Gasteiger partial charge in [0.1, 0.15) is 5.78 Å². The van der Waals surface area contributed by atoms with E-state index < -0.39 is 11.6 Å². The maximum absolute atomic E-state index is 11.4. The van der Waals surface area contributed by atoms with Crippen molar-refractivity contribution in [2.75, 3.05) is 13.0 Å². The zero-order valence-electron chi connectivity index (χ0n) is 9.55. The SMILES string of the molecule is COC(=O)NC1(CC(=O)CCl)CCCCC1. The number of nitrogens with one attached hydrogen (secondary N) is 1. The van der Waals surface area contributed by atoms with E-state index in [0.29, 0.717) is 6.42 Å². The highest BCUT2D eigenvalue weighted by Crippen LogP contribution is 2.31. The maximum Gasteiger partial charge on any atom is 0.407 e. The molecule has 0 heterocycles. The highest BCUT2D eigenvalue weighted by atomic mass is 35.5. The number of ether oxygens (including phenoxy) is 1. The summed E-state index contributed by atoms with van der Waals surface area (Å²) >= 11 is 5.51. The molecule has 0 aromatic carbocycles. The zero-order valence-corrected chi connectivity index (χ0v) is 10.3. The molecule has 0 bridgehead atoms. The molecule has 0 unspecified atom stereocenters. The molecule has 16 heavy (non-hydrogen) atoms. The van der Waals surface area contributed by atoms with E-state index in [-0.39, 0.29) is 11.7 Å². The first-order valence-corrected chi connectivity index (χ1v) is 6.09. The van der Waals surface area contributed by atoms with Gasteiger partial charge in [-0.1, -0.05) is 19.3 Å². The lowest BCUT2D eigenvalue weighted by atomic mass is 9.78. The van der Waals surface area contributed by atoms with Gasteiger partial charge in [0.2, 0.25) is 0 Å². The van der Waals surface area contributed by atoms with Gasteiger partial charge in [0, 0.05) is 6.42 Å². The number of Topliss-reactive ketones (excluding diaryl/α,β-unsaturated/α-hetero) is 1. The predicted octanol–water partition coefficient (Wildman–Crippen LogP) is 2.24. The van der Waals surface area contributed by atoms with Crippen molar-refractivity contribution in [1.29, 1.82) is 0 Å². The largest absolute Gasteiger partial charge is 0.453 e. The van der Waals surface area contributed by atoms with Crippen LogP contribution >= 0.6 is 11.6 Å². The van der Waals surface area contributed by atoms with Crippen molar-refractivity contribution in [1.82, 2.24) is 5.32 Å². The van der Waals surface area contributed by atoms with Crippen molar-refractivity contribution in [2.24, 2.45) is 0 Å². The minimum absolute atomic E-state index is 0.00457. The number of carbonyl (C=O) groups excluding carboxylic acids is 2. The van der Waals surface area contributed by atoms with Gasteiger partial charge in [0.05, 0.1) is 18.5 Å². The minimum atomic E-state index is -0.468. The second-order valence-corrected chi connectivity index (χ2v) is 4.57. The van der Waals surface area contributed by atoms with E-state index in [1.54, 1.807) is 0 Å². The van der Waals surface area contributed by atoms with Crippen molar-refractivity contribution in [2.45, 2.75) is 44.1 Å². The molecule has 1 rings (SSSR count). The Bertz CT molecular complexity index is 242. The average Bonchev–Trinajstić information content (AvgIpc) is 2.29. The third-order valence-corrected chi connectivity index (χ3v) is 3.35. The van der Waals surface area contributed by atoms with E-state index in [2.05, 4.69) is 10.1 Å². The molecule has 92 valence electrons. The van der Waals surface area contributed by atoms with E-state index in [1.165, 1.54) is 7.11 Å². The Labute approximate surface area is 101 Å². The summed E-state index contributed by atoms with van der Waals surface area (Å²) in [6.45, 7) is 0. The third-order valence-electron chi connectivity index (χ3n) is 3.05. The monoisotopic (exact) mass is 247 g/mol. The molecule has 1 aliphatic carbocycles. The van der Waals surface area contributed by atoms with E-state index in [1.807, 2.05) is 0 Å². The summed E-state index contributed by atoms with van der Waals surface area (Å²) in [5.41, 5.74) is -0.433. The van der Waals surface area contributed by atoms with Crippen LogP contribution in [0.4, 0.5) is 4.79 Å². The van der Waals surface area contributed by atoms with Gasteiger partial charge in [0.25, 0.3) is 0 Å². The van der Waals surface area contributed by atoms with Gasteiger partial charge in [-0.25, -0.2) is 4.79 Å².